The van der Waals surface area contributed by atoms with Gasteiger partial charge in [-0.2, -0.15) is 0 Å². The summed E-state index contributed by atoms with van der Waals surface area (Å²) in [5.41, 5.74) is 2.18. The maximum atomic E-state index is 12.4. The van der Waals surface area contributed by atoms with Gasteiger partial charge in [0.05, 0.1) is 7.11 Å². The summed E-state index contributed by atoms with van der Waals surface area (Å²) in [4.78, 5) is 16.7. The summed E-state index contributed by atoms with van der Waals surface area (Å²) in [5.74, 6) is 0.860. The number of ether oxygens (including phenoxy) is 1. The number of hydrogen-bond acceptors (Lipinski definition) is 3. The summed E-state index contributed by atoms with van der Waals surface area (Å²) in [6.45, 7) is 4.24. The van der Waals surface area contributed by atoms with Crippen LogP contribution in [0.2, 0.25) is 0 Å². The van der Waals surface area contributed by atoms with Crippen molar-refractivity contribution in [1.29, 1.82) is 0 Å². The topological polar surface area (TPSA) is 32.8 Å². The van der Waals surface area contributed by atoms with E-state index in [1.54, 1.807) is 13.2 Å². The van der Waals surface area contributed by atoms with E-state index in [0.29, 0.717) is 0 Å². The van der Waals surface area contributed by atoms with Gasteiger partial charge in [0.25, 0.3) is 0 Å². The van der Waals surface area contributed by atoms with Crippen LogP contribution in [-0.4, -0.2) is 55.5 Å². The monoisotopic (exact) mass is 362 g/mol. The van der Waals surface area contributed by atoms with Gasteiger partial charge in [-0.1, -0.05) is 54.6 Å². The molecule has 1 aliphatic heterocycles. The van der Waals surface area contributed by atoms with Crippen molar-refractivity contribution in [3.05, 3.63) is 77.9 Å². The maximum Gasteiger partial charge on any atom is 0.246 e. The molecule has 140 valence electrons. The third-order valence-electron chi connectivity index (χ3n) is 4.67. The molecule has 0 atom stereocenters. The molecule has 1 fully saturated rings. The predicted molar refractivity (Wildman–Crippen MR) is 111 cm³/mol. The fourth-order valence-electron chi connectivity index (χ4n) is 3.07. The summed E-state index contributed by atoms with van der Waals surface area (Å²) in [6, 6.07) is 18.0. The Bertz CT molecular complexity index is 791. The number of benzene rings is 2. The first-order valence-electron chi connectivity index (χ1n) is 9.29. The summed E-state index contributed by atoms with van der Waals surface area (Å²) >= 11 is 0. The van der Waals surface area contributed by atoms with Gasteiger partial charge in [0.15, 0.2) is 0 Å². The predicted octanol–water partition coefficient (Wildman–Crippen LogP) is 3.57. The van der Waals surface area contributed by atoms with Crippen molar-refractivity contribution in [2.45, 2.75) is 0 Å². The zero-order valence-corrected chi connectivity index (χ0v) is 15.8. The second-order valence-electron chi connectivity index (χ2n) is 6.55. The van der Waals surface area contributed by atoms with E-state index >= 15 is 0 Å². The molecule has 4 heteroatoms. The van der Waals surface area contributed by atoms with Crippen molar-refractivity contribution < 1.29 is 9.53 Å². The molecule has 3 rings (SSSR count). The Labute approximate surface area is 161 Å². The van der Waals surface area contributed by atoms with Crippen molar-refractivity contribution in [2.75, 3.05) is 39.8 Å². The van der Waals surface area contributed by atoms with Gasteiger partial charge < -0.3 is 9.64 Å². The van der Waals surface area contributed by atoms with Crippen LogP contribution in [0.3, 0.4) is 0 Å². The van der Waals surface area contributed by atoms with E-state index in [9.17, 15) is 4.79 Å². The summed E-state index contributed by atoms with van der Waals surface area (Å²) in [6.07, 6.45) is 7.84. The number of carbonyl (C=O) groups excluding carboxylic acids is 1. The molecule has 0 bridgehead atoms. The van der Waals surface area contributed by atoms with E-state index in [2.05, 4.69) is 29.2 Å². The Morgan fingerprint density at radius 3 is 2.44 bits per heavy atom. The van der Waals surface area contributed by atoms with Gasteiger partial charge >= 0.3 is 0 Å². The molecule has 1 saturated heterocycles. The van der Waals surface area contributed by atoms with Gasteiger partial charge in [0, 0.05) is 38.8 Å². The molecule has 0 spiro atoms. The number of amides is 1. The first-order valence-corrected chi connectivity index (χ1v) is 9.29. The van der Waals surface area contributed by atoms with Crippen LogP contribution < -0.4 is 4.74 Å². The fraction of sp³-hybridized carbons (Fsp3) is 0.261. The molecule has 0 N–H and O–H groups in total. The molecule has 0 unspecified atom stereocenters. The van der Waals surface area contributed by atoms with Crippen molar-refractivity contribution in [2.24, 2.45) is 0 Å². The third kappa shape index (κ3) is 5.83. The minimum absolute atomic E-state index is 0.0669. The first-order chi connectivity index (χ1) is 13.2. The van der Waals surface area contributed by atoms with Gasteiger partial charge in [0.2, 0.25) is 5.91 Å². The zero-order chi connectivity index (χ0) is 18.9. The lowest BCUT2D eigenvalue weighted by atomic mass is 10.2. The molecule has 0 aliphatic carbocycles. The van der Waals surface area contributed by atoms with Crippen LogP contribution in [0, 0.1) is 0 Å². The van der Waals surface area contributed by atoms with Crippen molar-refractivity contribution in [3.63, 3.8) is 0 Å². The quantitative estimate of drug-likeness (QED) is 0.737. The summed E-state index contributed by atoms with van der Waals surface area (Å²) in [7, 11) is 1.64. The Kier molecular flexibility index (Phi) is 6.83. The van der Waals surface area contributed by atoms with Crippen LogP contribution in [0.15, 0.2) is 66.7 Å². The molecule has 2 aromatic carbocycles. The largest absolute Gasteiger partial charge is 0.497 e. The molecule has 0 saturated carbocycles. The second-order valence-corrected chi connectivity index (χ2v) is 6.55. The molecule has 0 radical (unpaired) electrons. The van der Waals surface area contributed by atoms with Gasteiger partial charge in [-0.3, -0.25) is 9.69 Å². The molecule has 1 aliphatic rings. The average Bonchev–Trinajstić information content (AvgIpc) is 2.73. The van der Waals surface area contributed by atoms with Gasteiger partial charge in [-0.15, -0.1) is 0 Å². The van der Waals surface area contributed by atoms with E-state index < -0.39 is 0 Å². The number of carbonyl (C=O) groups is 1. The molecule has 1 amide bonds. The molecule has 0 aromatic heterocycles. The highest BCUT2D eigenvalue weighted by Gasteiger charge is 2.18. The van der Waals surface area contributed by atoms with Crippen LogP contribution in [0.1, 0.15) is 11.1 Å². The highest BCUT2D eigenvalue weighted by Crippen LogP contribution is 2.14. The van der Waals surface area contributed by atoms with Crippen molar-refractivity contribution in [3.8, 4) is 5.75 Å². The van der Waals surface area contributed by atoms with E-state index in [1.807, 2.05) is 53.4 Å². The Hall–Kier alpha value is -2.85. The summed E-state index contributed by atoms with van der Waals surface area (Å²) in [5, 5.41) is 0. The number of methoxy groups -OCH3 is 1. The van der Waals surface area contributed by atoms with E-state index in [4.69, 9.17) is 4.74 Å². The SMILES string of the molecule is COc1cccc(/C=C/C(=O)N2CCN(C/C=C/c3ccccc3)CC2)c1. The summed E-state index contributed by atoms with van der Waals surface area (Å²) < 4.78 is 5.21. The highest BCUT2D eigenvalue weighted by atomic mass is 16.5. The molecule has 1 heterocycles. The van der Waals surface area contributed by atoms with Crippen LogP contribution in [0.4, 0.5) is 0 Å². The van der Waals surface area contributed by atoms with Crippen LogP contribution in [0.5, 0.6) is 5.75 Å². The van der Waals surface area contributed by atoms with Crippen LogP contribution >= 0.6 is 0 Å². The van der Waals surface area contributed by atoms with E-state index in [-0.39, 0.29) is 5.91 Å². The Morgan fingerprint density at radius 2 is 1.70 bits per heavy atom. The lowest BCUT2D eigenvalue weighted by Crippen LogP contribution is -2.48. The van der Waals surface area contributed by atoms with Gasteiger partial charge in [-0.25, -0.2) is 0 Å². The van der Waals surface area contributed by atoms with Crippen LogP contribution in [0.25, 0.3) is 12.2 Å². The number of piperazine rings is 1. The van der Waals surface area contributed by atoms with Crippen molar-refractivity contribution >= 4 is 18.1 Å². The smallest absolute Gasteiger partial charge is 0.246 e. The third-order valence-corrected chi connectivity index (χ3v) is 4.67. The Balaban J connectivity index is 1.45. The normalized spacial score (nSPS) is 15.5. The molecular formula is C23H26N2O2. The van der Waals surface area contributed by atoms with Gasteiger partial charge in [0.1, 0.15) is 5.75 Å². The standard InChI is InChI=1S/C23H26N2O2/c1-27-22-11-5-9-21(19-22)12-13-23(26)25-17-15-24(16-18-25)14-6-10-20-7-3-2-4-8-20/h2-13,19H,14-18H2,1H3/b10-6+,13-12+. The molecule has 2 aromatic rings. The maximum absolute atomic E-state index is 12.4. The van der Waals surface area contributed by atoms with E-state index in [0.717, 1.165) is 44.0 Å². The fourth-order valence-corrected chi connectivity index (χ4v) is 3.07. The Morgan fingerprint density at radius 1 is 0.963 bits per heavy atom. The zero-order valence-electron chi connectivity index (χ0n) is 15.8. The minimum atomic E-state index is 0.0669. The highest BCUT2D eigenvalue weighted by molar-refractivity contribution is 5.91. The first kappa shape index (κ1) is 18.9. The van der Waals surface area contributed by atoms with Crippen LogP contribution in [-0.2, 0) is 4.79 Å². The lowest BCUT2D eigenvalue weighted by molar-refractivity contribution is -0.127. The molecule has 4 nitrogen and oxygen atoms in total. The van der Waals surface area contributed by atoms with Gasteiger partial charge in [-0.05, 0) is 29.3 Å². The van der Waals surface area contributed by atoms with E-state index in [1.165, 1.54) is 5.56 Å². The second kappa shape index (κ2) is 9.74. The molecular weight excluding hydrogens is 336 g/mol. The molecule has 27 heavy (non-hydrogen) atoms. The number of nitrogens with zero attached hydrogens (tertiary/aromatic N) is 2. The number of rotatable bonds is 6. The lowest BCUT2D eigenvalue weighted by Gasteiger charge is -2.33. The average molecular weight is 362 g/mol. The van der Waals surface area contributed by atoms with Crippen molar-refractivity contribution in [1.82, 2.24) is 9.80 Å². The number of hydrogen-bond donors (Lipinski definition) is 0. The minimum Gasteiger partial charge on any atom is -0.497 e.